The van der Waals surface area contributed by atoms with Gasteiger partial charge >= 0.3 is 5.97 Å². The minimum Gasteiger partial charge on any atom is -0.476 e. The molecule has 1 heterocycles. The summed E-state index contributed by atoms with van der Waals surface area (Å²) in [6, 6.07) is 7.79. The fraction of sp³-hybridized carbons (Fsp3) is 0.375. The van der Waals surface area contributed by atoms with Gasteiger partial charge in [0.2, 0.25) is 5.91 Å². The monoisotopic (exact) mass is 316 g/mol. The third-order valence-electron chi connectivity index (χ3n) is 3.57. The van der Waals surface area contributed by atoms with Crippen LogP contribution in [0, 0.1) is 12.8 Å². The highest BCUT2D eigenvalue weighted by atomic mass is 16.4. The van der Waals surface area contributed by atoms with Crippen molar-refractivity contribution in [3.05, 3.63) is 47.3 Å². The van der Waals surface area contributed by atoms with E-state index in [4.69, 9.17) is 5.11 Å². The Morgan fingerprint density at radius 3 is 2.57 bits per heavy atom. The second kappa shape index (κ2) is 7.04. The van der Waals surface area contributed by atoms with Gasteiger partial charge in [-0.1, -0.05) is 43.3 Å². The van der Waals surface area contributed by atoms with Crippen molar-refractivity contribution in [1.29, 1.82) is 0 Å². The molecular formula is C16H20N4O3. The van der Waals surface area contributed by atoms with Gasteiger partial charge in [-0.25, -0.2) is 9.48 Å². The Morgan fingerprint density at radius 1 is 1.30 bits per heavy atom. The van der Waals surface area contributed by atoms with Crippen LogP contribution in [-0.2, 0) is 11.3 Å². The highest BCUT2D eigenvalue weighted by Crippen LogP contribution is 2.24. The van der Waals surface area contributed by atoms with E-state index in [9.17, 15) is 9.59 Å². The quantitative estimate of drug-likeness (QED) is 0.847. The second-order valence-electron chi connectivity index (χ2n) is 5.75. The number of aromatic nitrogens is 3. The average molecular weight is 316 g/mol. The number of aryl methyl sites for hydroxylation is 1. The standard InChI is InChI=1S/C16H20N4O3/c1-10(2)15(12-7-5-4-6-11(12)3)17-14(21)9-20-8-13(16(22)23)18-19-20/h4-8,10,15H,9H2,1-3H3,(H,17,21)(H,22,23). The van der Waals surface area contributed by atoms with E-state index in [-0.39, 0.29) is 30.1 Å². The van der Waals surface area contributed by atoms with Crippen LogP contribution < -0.4 is 5.32 Å². The lowest BCUT2D eigenvalue weighted by Gasteiger charge is -2.24. The predicted molar refractivity (Wildman–Crippen MR) is 83.9 cm³/mol. The van der Waals surface area contributed by atoms with Gasteiger partial charge in [0.05, 0.1) is 12.2 Å². The number of carbonyl (C=O) groups excluding carboxylic acids is 1. The minimum absolute atomic E-state index is 0.0740. The molecular weight excluding hydrogens is 296 g/mol. The van der Waals surface area contributed by atoms with Crippen molar-refractivity contribution in [1.82, 2.24) is 20.3 Å². The molecule has 2 N–H and O–H groups in total. The summed E-state index contributed by atoms with van der Waals surface area (Å²) in [5.41, 5.74) is 2.00. The van der Waals surface area contributed by atoms with Gasteiger partial charge in [-0.05, 0) is 24.0 Å². The van der Waals surface area contributed by atoms with Crippen LogP contribution in [0.25, 0.3) is 0 Å². The maximum absolute atomic E-state index is 12.2. The second-order valence-corrected chi connectivity index (χ2v) is 5.75. The maximum Gasteiger partial charge on any atom is 0.358 e. The molecule has 0 aliphatic heterocycles. The van der Waals surface area contributed by atoms with E-state index < -0.39 is 5.97 Å². The highest BCUT2D eigenvalue weighted by Gasteiger charge is 2.20. The van der Waals surface area contributed by atoms with E-state index in [0.29, 0.717) is 0 Å². The largest absolute Gasteiger partial charge is 0.476 e. The van der Waals surface area contributed by atoms with E-state index in [1.54, 1.807) is 0 Å². The number of hydrogen-bond donors (Lipinski definition) is 2. The van der Waals surface area contributed by atoms with Crippen LogP contribution in [0.3, 0.4) is 0 Å². The van der Waals surface area contributed by atoms with Gasteiger partial charge in [-0.15, -0.1) is 5.10 Å². The number of carboxylic acids is 1. The molecule has 0 aliphatic carbocycles. The summed E-state index contributed by atoms with van der Waals surface area (Å²) < 4.78 is 1.22. The molecule has 2 aromatic rings. The fourth-order valence-electron chi connectivity index (χ4n) is 2.38. The van der Waals surface area contributed by atoms with Crippen LogP contribution >= 0.6 is 0 Å². The minimum atomic E-state index is -1.17. The van der Waals surface area contributed by atoms with Crippen LogP contribution in [-0.4, -0.2) is 32.0 Å². The third-order valence-corrected chi connectivity index (χ3v) is 3.57. The molecule has 7 heteroatoms. The van der Waals surface area contributed by atoms with Crippen molar-refractivity contribution in [3.8, 4) is 0 Å². The molecule has 2 rings (SSSR count). The number of rotatable bonds is 6. The van der Waals surface area contributed by atoms with E-state index >= 15 is 0 Å². The number of carboxylic acid groups (broad SMARTS) is 1. The molecule has 1 aromatic heterocycles. The highest BCUT2D eigenvalue weighted by molar-refractivity contribution is 5.84. The topological polar surface area (TPSA) is 97.1 Å². The van der Waals surface area contributed by atoms with E-state index in [1.807, 2.05) is 45.0 Å². The summed E-state index contributed by atoms with van der Waals surface area (Å²) >= 11 is 0. The number of benzene rings is 1. The first-order valence-electron chi connectivity index (χ1n) is 7.36. The smallest absolute Gasteiger partial charge is 0.358 e. The average Bonchev–Trinajstić information content (AvgIpc) is 2.94. The number of carbonyl (C=O) groups is 2. The third kappa shape index (κ3) is 4.15. The first kappa shape index (κ1) is 16.7. The summed E-state index contributed by atoms with van der Waals surface area (Å²) in [6.07, 6.45) is 1.24. The summed E-state index contributed by atoms with van der Waals surface area (Å²) in [7, 11) is 0. The van der Waals surface area contributed by atoms with Crippen LogP contribution in [0.15, 0.2) is 30.5 Å². The number of aromatic carboxylic acids is 1. The molecule has 122 valence electrons. The SMILES string of the molecule is Cc1ccccc1C(NC(=O)Cn1cc(C(=O)O)nn1)C(C)C. The number of amides is 1. The van der Waals surface area contributed by atoms with Crippen molar-refractivity contribution < 1.29 is 14.7 Å². The lowest BCUT2D eigenvalue weighted by atomic mass is 9.92. The van der Waals surface area contributed by atoms with E-state index in [1.165, 1.54) is 10.9 Å². The summed E-state index contributed by atoms with van der Waals surface area (Å²) in [5, 5.41) is 18.9. The Labute approximate surface area is 134 Å². The molecule has 0 spiro atoms. The number of nitrogens with zero attached hydrogens (tertiary/aromatic N) is 3. The molecule has 0 fully saturated rings. The molecule has 0 radical (unpaired) electrons. The normalized spacial score (nSPS) is 12.2. The van der Waals surface area contributed by atoms with Crippen LogP contribution in [0.1, 0.15) is 41.5 Å². The fourth-order valence-corrected chi connectivity index (χ4v) is 2.38. The molecule has 1 amide bonds. The summed E-state index contributed by atoms with van der Waals surface area (Å²) in [6.45, 7) is 6.01. The zero-order valence-electron chi connectivity index (χ0n) is 13.4. The first-order valence-corrected chi connectivity index (χ1v) is 7.36. The zero-order valence-corrected chi connectivity index (χ0v) is 13.4. The Hall–Kier alpha value is -2.70. The van der Waals surface area contributed by atoms with Gasteiger partial charge in [0.1, 0.15) is 6.54 Å². The Kier molecular flexibility index (Phi) is 5.10. The molecule has 23 heavy (non-hydrogen) atoms. The summed E-state index contributed by atoms with van der Waals surface area (Å²) in [5.74, 6) is -1.20. The first-order chi connectivity index (χ1) is 10.9. The Balaban J connectivity index is 2.09. The molecule has 0 saturated carbocycles. The van der Waals surface area contributed by atoms with E-state index in [0.717, 1.165) is 11.1 Å². The maximum atomic E-state index is 12.2. The van der Waals surface area contributed by atoms with Gasteiger partial charge in [0.25, 0.3) is 0 Å². The van der Waals surface area contributed by atoms with Crippen molar-refractivity contribution in [2.45, 2.75) is 33.4 Å². The number of hydrogen-bond acceptors (Lipinski definition) is 4. The Bertz CT molecular complexity index is 709. The van der Waals surface area contributed by atoms with Gasteiger partial charge < -0.3 is 10.4 Å². The lowest BCUT2D eigenvalue weighted by Crippen LogP contribution is -2.34. The molecule has 7 nitrogen and oxygen atoms in total. The van der Waals surface area contributed by atoms with Gasteiger partial charge in [-0.3, -0.25) is 4.79 Å². The van der Waals surface area contributed by atoms with Crippen molar-refractivity contribution in [2.75, 3.05) is 0 Å². The van der Waals surface area contributed by atoms with Crippen LogP contribution in [0.5, 0.6) is 0 Å². The van der Waals surface area contributed by atoms with Crippen molar-refractivity contribution >= 4 is 11.9 Å². The summed E-state index contributed by atoms with van der Waals surface area (Å²) in [4.78, 5) is 23.0. The molecule has 1 unspecified atom stereocenters. The van der Waals surface area contributed by atoms with Gasteiger partial charge in [0.15, 0.2) is 5.69 Å². The van der Waals surface area contributed by atoms with Gasteiger partial charge in [-0.2, -0.15) is 0 Å². The molecule has 1 aromatic carbocycles. The molecule has 0 saturated heterocycles. The molecule has 1 atom stereocenters. The van der Waals surface area contributed by atoms with Crippen molar-refractivity contribution in [3.63, 3.8) is 0 Å². The van der Waals surface area contributed by atoms with Crippen molar-refractivity contribution in [2.24, 2.45) is 5.92 Å². The Morgan fingerprint density at radius 2 is 2.00 bits per heavy atom. The van der Waals surface area contributed by atoms with Gasteiger partial charge in [0, 0.05) is 0 Å². The predicted octanol–water partition coefficient (Wildman–Crippen LogP) is 1.80. The number of nitrogens with one attached hydrogen (secondary N) is 1. The van der Waals surface area contributed by atoms with Crippen LogP contribution in [0.4, 0.5) is 0 Å². The van der Waals surface area contributed by atoms with E-state index in [2.05, 4.69) is 15.6 Å². The zero-order chi connectivity index (χ0) is 17.0. The lowest BCUT2D eigenvalue weighted by molar-refractivity contribution is -0.123. The molecule has 0 bridgehead atoms. The molecule has 0 aliphatic rings. The van der Waals surface area contributed by atoms with Crippen LogP contribution in [0.2, 0.25) is 0 Å².